The van der Waals surface area contributed by atoms with Crippen molar-refractivity contribution in [2.24, 2.45) is 0 Å². The van der Waals surface area contributed by atoms with Crippen LogP contribution in [-0.4, -0.2) is 48.1 Å². The molecule has 164 valence electrons. The predicted octanol–water partition coefficient (Wildman–Crippen LogP) is 4.74. The van der Waals surface area contributed by atoms with E-state index < -0.39 is 23.5 Å². The summed E-state index contributed by atoms with van der Waals surface area (Å²) in [6.45, 7) is 4.51. The summed E-state index contributed by atoms with van der Waals surface area (Å²) in [6.07, 6.45) is -8.44. The Kier molecular flexibility index (Phi) is 7.08. The molecule has 0 unspecified atom stereocenters. The highest BCUT2D eigenvalue weighted by molar-refractivity contribution is 5.75. The Morgan fingerprint density at radius 3 is 2.10 bits per heavy atom. The zero-order chi connectivity index (χ0) is 22.0. The number of likely N-dealkylation sites (tertiary alicyclic amines) is 1. The highest BCUT2D eigenvalue weighted by atomic mass is 19.4. The number of carbonyl (C=O) groups excluding carboxylic acids is 1. The summed E-state index contributed by atoms with van der Waals surface area (Å²) >= 11 is 0. The number of benzene rings is 1. The normalized spacial score (nSPS) is 20.2. The summed E-state index contributed by atoms with van der Waals surface area (Å²) in [4.78, 5) is 15.7. The third-order valence-corrected chi connectivity index (χ3v) is 5.17. The average Bonchev–Trinajstić information content (AvgIpc) is 3.06. The summed E-state index contributed by atoms with van der Waals surface area (Å²) in [5.41, 5.74) is -2.76. The Labute approximate surface area is 165 Å². The topological polar surface area (TPSA) is 35.6 Å². The maximum atomic E-state index is 13.0. The average molecular weight is 425 g/mol. The van der Waals surface area contributed by atoms with Crippen LogP contribution in [-0.2, 0) is 18.9 Å². The number of alkyl halides is 6. The van der Waals surface area contributed by atoms with Crippen molar-refractivity contribution in [1.29, 1.82) is 0 Å². The van der Waals surface area contributed by atoms with Crippen molar-refractivity contribution in [3.8, 4) is 0 Å². The molecule has 1 aromatic carbocycles. The van der Waals surface area contributed by atoms with Gasteiger partial charge in [0.2, 0.25) is 0 Å². The van der Waals surface area contributed by atoms with Crippen molar-refractivity contribution in [1.82, 2.24) is 15.1 Å². The summed E-state index contributed by atoms with van der Waals surface area (Å²) < 4.78 is 77.9. The summed E-state index contributed by atoms with van der Waals surface area (Å²) in [5.74, 6) is 0. The molecule has 1 N–H and O–H groups in total. The van der Waals surface area contributed by atoms with E-state index >= 15 is 0 Å². The molecular formula is C19H25F6N3O. The minimum atomic E-state index is -4.87. The first-order valence-corrected chi connectivity index (χ1v) is 9.40. The third kappa shape index (κ3) is 5.77. The molecule has 0 radical (unpaired) electrons. The van der Waals surface area contributed by atoms with E-state index in [0.29, 0.717) is 25.9 Å². The second kappa shape index (κ2) is 8.81. The van der Waals surface area contributed by atoms with Crippen LogP contribution in [0.3, 0.4) is 0 Å². The van der Waals surface area contributed by atoms with Crippen LogP contribution in [0.2, 0.25) is 0 Å². The van der Waals surface area contributed by atoms with Gasteiger partial charge in [-0.3, -0.25) is 0 Å². The van der Waals surface area contributed by atoms with Gasteiger partial charge in [-0.2, -0.15) is 26.3 Å². The van der Waals surface area contributed by atoms with E-state index in [4.69, 9.17) is 0 Å². The minimum Gasteiger partial charge on any atom is -0.328 e. The Balaban J connectivity index is 2.14. The highest BCUT2D eigenvalue weighted by Gasteiger charge is 2.38. The standard InChI is InChI=1S/C19H25F6N3O/c1-4-16-9-15(11-28(16)17(29)27(3)5-2)26-10-12-6-13(18(20,21)22)8-14(7-12)19(23,24)25/h6-8,15-16,26H,4-5,9-11H2,1-3H3/t15-,16+/m0/s1. The zero-order valence-corrected chi connectivity index (χ0v) is 16.5. The molecule has 1 saturated heterocycles. The molecule has 29 heavy (non-hydrogen) atoms. The fourth-order valence-electron chi connectivity index (χ4n) is 3.42. The molecule has 1 aromatic rings. The Morgan fingerprint density at radius 1 is 1.10 bits per heavy atom. The fraction of sp³-hybridized carbons (Fsp3) is 0.632. The smallest absolute Gasteiger partial charge is 0.328 e. The quantitative estimate of drug-likeness (QED) is 0.692. The fourth-order valence-corrected chi connectivity index (χ4v) is 3.42. The molecule has 1 fully saturated rings. The molecular weight excluding hydrogens is 400 g/mol. The van der Waals surface area contributed by atoms with E-state index in [2.05, 4.69) is 5.32 Å². The third-order valence-electron chi connectivity index (χ3n) is 5.17. The van der Waals surface area contributed by atoms with Crippen LogP contribution in [0, 0.1) is 0 Å². The second-order valence-corrected chi connectivity index (χ2v) is 7.24. The van der Waals surface area contributed by atoms with Crippen molar-refractivity contribution in [2.75, 3.05) is 20.1 Å². The van der Waals surface area contributed by atoms with Gasteiger partial charge in [0.25, 0.3) is 0 Å². The van der Waals surface area contributed by atoms with E-state index in [1.54, 1.807) is 16.8 Å². The lowest BCUT2D eigenvalue weighted by atomic mass is 10.0. The molecule has 4 nitrogen and oxygen atoms in total. The Bertz CT molecular complexity index is 687. The van der Waals surface area contributed by atoms with Crippen LogP contribution in [0.1, 0.15) is 43.4 Å². The molecule has 0 spiro atoms. The molecule has 1 aliphatic heterocycles. The van der Waals surface area contributed by atoms with Crippen molar-refractivity contribution >= 4 is 6.03 Å². The molecule has 0 aromatic heterocycles. The minimum absolute atomic E-state index is 0.0266. The number of hydrogen-bond donors (Lipinski definition) is 1. The maximum Gasteiger partial charge on any atom is 0.416 e. The lowest BCUT2D eigenvalue weighted by molar-refractivity contribution is -0.143. The summed E-state index contributed by atoms with van der Waals surface area (Å²) in [6, 6.07) is 1.19. The van der Waals surface area contributed by atoms with Gasteiger partial charge in [0, 0.05) is 38.8 Å². The van der Waals surface area contributed by atoms with E-state index in [9.17, 15) is 31.1 Å². The number of urea groups is 1. The van der Waals surface area contributed by atoms with E-state index in [1.165, 1.54) is 0 Å². The van der Waals surface area contributed by atoms with Gasteiger partial charge in [-0.05, 0) is 43.5 Å². The first-order chi connectivity index (χ1) is 13.4. The second-order valence-electron chi connectivity index (χ2n) is 7.24. The van der Waals surface area contributed by atoms with Crippen LogP contribution in [0.15, 0.2) is 18.2 Å². The SMILES string of the molecule is CC[C@@H]1C[C@H](NCc2cc(C(F)(F)F)cc(C(F)(F)F)c2)CN1C(=O)N(C)CC. The Hall–Kier alpha value is -1.97. The van der Waals surface area contributed by atoms with E-state index in [0.717, 1.165) is 12.1 Å². The van der Waals surface area contributed by atoms with E-state index in [1.807, 2.05) is 13.8 Å². The summed E-state index contributed by atoms with van der Waals surface area (Å²) in [7, 11) is 1.68. The molecule has 2 rings (SSSR count). The van der Waals surface area contributed by atoms with Gasteiger partial charge in [-0.25, -0.2) is 4.79 Å². The molecule has 2 amide bonds. The van der Waals surface area contributed by atoms with Gasteiger partial charge in [0.05, 0.1) is 11.1 Å². The number of nitrogens with zero attached hydrogens (tertiary/aromatic N) is 2. The highest BCUT2D eigenvalue weighted by Crippen LogP contribution is 2.36. The van der Waals surface area contributed by atoms with Gasteiger partial charge in [0.1, 0.15) is 0 Å². The molecule has 1 heterocycles. The molecule has 0 bridgehead atoms. The van der Waals surface area contributed by atoms with Gasteiger partial charge in [-0.15, -0.1) is 0 Å². The molecule has 0 aliphatic carbocycles. The van der Waals surface area contributed by atoms with Crippen molar-refractivity contribution in [3.63, 3.8) is 0 Å². The van der Waals surface area contributed by atoms with Crippen molar-refractivity contribution in [3.05, 3.63) is 34.9 Å². The number of nitrogens with one attached hydrogen (secondary N) is 1. The lowest BCUT2D eigenvalue weighted by Gasteiger charge is -2.28. The van der Waals surface area contributed by atoms with E-state index in [-0.39, 0.29) is 36.3 Å². The largest absolute Gasteiger partial charge is 0.416 e. The molecule has 0 saturated carbocycles. The number of carbonyl (C=O) groups is 1. The molecule has 2 atom stereocenters. The van der Waals surface area contributed by atoms with Crippen LogP contribution >= 0.6 is 0 Å². The lowest BCUT2D eigenvalue weighted by Crippen LogP contribution is -2.44. The summed E-state index contributed by atoms with van der Waals surface area (Å²) in [5, 5.41) is 3.01. The zero-order valence-electron chi connectivity index (χ0n) is 16.5. The monoisotopic (exact) mass is 425 g/mol. The van der Waals surface area contributed by atoms with Crippen molar-refractivity contribution in [2.45, 2.75) is 57.7 Å². The van der Waals surface area contributed by atoms with Gasteiger partial charge < -0.3 is 15.1 Å². The Morgan fingerprint density at radius 2 is 1.66 bits per heavy atom. The predicted molar refractivity (Wildman–Crippen MR) is 96.2 cm³/mol. The van der Waals surface area contributed by atoms with Crippen molar-refractivity contribution < 1.29 is 31.1 Å². The van der Waals surface area contributed by atoms with Gasteiger partial charge >= 0.3 is 18.4 Å². The number of halogens is 6. The molecule has 1 aliphatic rings. The first kappa shape index (κ1) is 23.3. The number of hydrogen-bond acceptors (Lipinski definition) is 2. The molecule has 10 heteroatoms. The van der Waals surface area contributed by atoms with Gasteiger partial charge in [-0.1, -0.05) is 6.92 Å². The van der Waals surface area contributed by atoms with Crippen LogP contribution in [0.5, 0.6) is 0 Å². The van der Waals surface area contributed by atoms with Gasteiger partial charge in [0.15, 0.2) is 0 Å². The first-order valence-electron chi connectivity index (χ1n) is 9.40. The number of rotatable bonds is 5. The van der Waals surface area contributed by atoms with Crippen LogP contribution in [0.4, 0.5) is 31.1 Å². The van der Waals surface area contributed by atoms with Crippen LogP contribution in [0.25, 0.3) is 0 Å². The number of amides is 2. The maximum absolute atomic E-state index is 13.0. The van der Waals surface area contributed by atoms with Crippen LogP contribution < -0.4 is 5.32 Å².